The van der Waals surface area contributed by atoms with Gasteiger partial charge < -0.3 is 24.6 Å². The maximum absolute atomic E-state index is 0. The first-order chi connectivity index (χ1) is 0. The number of rotatable bonds is 0. The second-order valence-electron chi connectivity index (χ2n) is 0. The summed E-state index contributed by atoms with van der Waals surface area (Å²) in [4.78, 5) is 0. The minimum absolute atomic E-state index is 0. The Bertz CT molecular complexity index is 3.61. The van der Waals surface area contributed by atoms with E-state index in [9.17, 15) is 0 Å². The molecule has 0 aliphatic rings. The summed E-state index contributed by atoms with van der Waals surface area (Å²) in [7, 11) is 0. The van der Waals surface area contributed by atoms with Crippen molar-refractivity contribution in [1.82, 2.24) is 24.6 Å². The second-order valence-corrected chi connectivity index (χ2v) is 0. The van der Waals surface area contributed by atoms with Crippen molar-refractivity contribution >= 4 is 13.5 Å². The van der Waals surface area contributed by atoms with Crippen molar-refractivity contribution in [3.05, 3.63) is 0 Å². The number of hydrogen-bond donors (Lipinski definition) is 4. The van der Waals surface area contributed by atoms with Crippen LogP contribution in [0.5, 0.6) is 0 Å². The van der Waals surface area contributed by atoms with Gasteiger partial charge in [-0.15, -0.1) is 0 Å². The molecule has 5 heteroatoms. The zero-order valence-corrected chi connectivity index (χ0v) is 4.33. The quantitative estimate of drug-likeness (QED) is 0.358. The SMILES string of the molecule is N.N.N.N.S. The van der Waals surface area contributed by atoms with E-state index in [0.717, 1.165) is 0 Å². The van der Waals surface area contributed by atoms with E-state index in [4.69, 9.17) is 0 Å². The molecule has 0 radical (unpaired) electrons. The molecule has 0 rings (SSSR count). The van der Waals surface area contributed by atoms with Crippen LogP contribution in [0, 0.1) is 0 Å². The van der Waals surface area contributed by atoms with Crippen LogP contribution in [0.4, 0.5) is 0 Å². The Morgan fingerprint density at radius 3 is 0.400 bits per heavy atom. The second kappa shape index (κ2) is 1180. The molecule has 0 saturated carbocycles. The fourth-order valence-corrected chi connectivity index (χ4v) is 0. The van der Waals surface area contributed by atoms with Gasteiger partial charge in [0.25, 0.3) is 0 Å². The van der Waals surface area contributed by atoms with Crippen LogP contribution < -0.4 is 24.6 Å². The molecule has 0 atom stereocenters. The van der Waals surface area contributed by atoms with Gasteiger partial charge in [0.2, 0.25) is 0 Å². The molecule has 0 aromatic heterocycles. The Morgan fingerprint density at radius 2 is 0.400 bits per heavy atom. The molecule has 0 unspecified atom stereocenters. The lowest BCUT2D eigenvalue weighted by Crippen LogP contribution is -0.482. The van der Waals surface area contributed by atoms with Crippen LogP contribution in [0.3, 0.4) is 0 Å². The van der Waals surface area contributed by atoms with Gasteiger partial charge in [-0.3, -0.25) is 0 Å². The summed E-state index contributed by atoms with van der Waals surface area (Å²) < 4.78 is 0. The third-order valence-electron chi connectivity index (χ3n) is 0. The average Bonchev–Trinajstić information content (AvgIpc) is 0. The van der Waals surface area contributed by atoms with Crippen LogP contribution in [0.1, 0.15) is 0 Å². The van der Waals surface area contributed by atoms with Gasteiger partial charge in [0, 0.05) is 0 Å². The highest BCUT2D eigenvalue weighted by Crippen LogP contribution is 0.648. The van der Waals surface area contributed by atoms with Crippen LogP contribution in [0.2, 0.25) is 0 Å². The van der Waals surface area contributed by atoms with Crippen LogP contribution in [-0.2, 0) is 0 Å². The van der Waals surface area contributed by atoms with E-state index in [-0.39, 0.29) is 38.1 Å². The van der Waals surface area contributed by atoms with E-state index in [1.807, 2.05) is 0 Å². The molecule has 40 valence electrons. The molecule has 0 aromatic carbocycles. The lowest BCUT2D eigenvalue weighted by Gasteiger charge is -0.345. The van der Waals surface area contributed by atoms with E-state index < -0.39 is 0 Å². The molecule has 0 fully saturated rings. The Labute approximate surface area is 39.1 Å². The topological polar surface area (TPSA) is 140 Å². The molecule has 0 heterocycles. The predicted octanol–water partition coefficient (Wildman–Crippen LogP) is 0.761. The summed E-state index contributed by atoms with van der Waals surface area (Å²) in [5.74, 6) is 0. The minimum atomic E-state index is 0. The zero-order valence-electron chi connectivity index (χ0n) is 3.33. The Kier molecular flexibility index (Phi) is 596000. The van der Waals surface area contributed by atoms with Crippen molar-refractivity contribution in [2.24, 2.45) is 0 Å². The molecular formula is H14N4S. The van der Waals surface area contributed by atoms with Gasteiger partial charge in [0.1, 0.15) is 0 Å². The normalized spacial score (nSPS) is 0. The van der Waals surface area contributed by atoms with Crippen molar-refractivity contribution < 1.29 is 0 Å². The largest absolute Gasteiger partial charge is 0.344 e. The first-order valence-corrected chi connectivity index (χ1v) is 0. The lowest BCUT2D eigenvalue weighted by molar-refractivity contribution is 2.13. The first-order valence-electron chi connectivity index (χ1n) is 0. The summed E-state index contributed by atoms with van der Waals surface area (Å²) in [5, 5.41) is 0. The maximum Gasteiger partial charge on any atom is -0.197 e. The Morgan fingerprint density at radius 1 is 0.400 bits per heavy atom. The van der Waals surface area contributed by atoms with Crippen LogP contribution >= 0.6 is 13.5 Å². The minimum Gasteiger partial charge on any atom is -0.344 e. The highest BCUT2D eigenvalue weighted by molar-refractivity contribution is 7.59. The van der Waals surface area contributed by atoms with E-state index in [2.05, 4.69) is 0 Å². The molecule has 0 saturated heterocycles. The van der Waals surface area contributed by atoms with Gasteiger partial charge in [-0.2, -0.15) is 13.5 Å². The van der Waals surface area contributed by atoms with E-state index >= 15 is 0 Å². The van der Waals surface area contributed by atoms with E-state index in [1.165, 1.54) is 0 Å². The highest BCUT2D eigenvalue weighted by atomic mass is 32.1. The van der Waals surface area contributed by atoms with Crippen molar-refractivity contribution in [3.8, 4) is 0 Å². The average molecular weight is 102 g/mol. The van der Waals surface area contributed by atoms with Gasteiger partial charge in [-0.25, -0.2) is 0 Å². The zero-order chi connectivity index (χ0) is 0. The first kappa shape index (κ1) is 2520. The van der Waals surface area contributed by atoms with Crippen molar-refractivity contribution in [1.29, 1.82) is 0 Å². The Balaban J connectivity index is 0. The lowest BCUT2D eigenvalue weighted by atomic mass is 14.0. The Hall–Kier alpha value is 0.190. The third-order valence-corrected chi connectivity index (χ3v) is 0. The maximum atomic E-state index is 0. The number of hydrogen-bond acceptors (Lipinski definition) is 4. The van der Waals surface area contributed by atoms with Crippen molar-refractivity contribution in [3.63, 3.8) is 0 Å². The van der Waals surface area contributed by atoms with Crippen LogP contribution in [-0.4, -0.2) is 0 Å². The molecule has 5 heavy (non-hydrogen) atoms. The molecule has 0 amide bonds. The summed E-state index contributed by atoms with van der Waals surface area (Å²) in [6.45, 7) is 0. The summed E-state index contributed by atoms with van der Waals surface area (Å²) >= 11 is 0. The molecule has 0 bridgehead atoms. The fourth-order valence-electron chi connectivity index (χ4n) is 0. The van der Waals surface area contributed by atoms with E-state index in [1.54, 1.807) is 0 Å². The van der Waals surface area contributed by atoms with Gasteiger partial charge in [-0.05, 0) is 0 Å². The highest BCUT2D eigenvalue weighted by Gasteiger charge is -0.197. The molecule has 0 aliphatic heterocycles. The summed E-state index contributed by atoms with van der Waals surface area (Å²) in [6, 6.07) is 0. The van der Waals surface area contributed by atoms with Crippen LogP contribution in [0.15, 0.2) is 0 Å². The van der Waals surface area contributed by atoms with Gasteiger partial charge in [0.15, 0.2) is 0 Å². The van der Waals surface area contributed by atoms with Gasteiger partial charge >= 0.3 is 0 Å². The van der Waals surface area contributed by atoms with Gasteiger partial charge in [0.05, 0.1) is 0 Å². The standard InChI is InChI=1S/4H3N.H2S/h4*1H3;1H2. The third kappa shape index (κ3) is 557. The van der Waals surface area contributed by atoms with Crippen molar-refractivity contribution in [2.45, 2.75) is 0 Å². The molecule has 0 aromatic rings. The monoisotopic (exact) mass is 102 g/mol. The van der Waals surface area contributed by atoms with E-state index in [0.29, 0.717) is 0 Å². The molecule has 12 N–H and O–H groups in total. The fraction of sp³-hybridized carbons (Fsp3) is 0. The summed E-state index contributed by atoms with van der Waals surface area (Å²) in [5.41, 5.74) is 0. The molecular weight excluding hydrogens is 88.1 g/mol. The van der Waals surface area contributed by atoms with Gasteiger partial charge in [-0.1, -0.05) is 0 Å². The summed E-state index contributed by atoms with van der Waals surface area (Å²) in [6.07, 6.45) is 0. The predicted molar refractivity (Wildman–Crippen MR) is 30.5 cm³/mol. The smallest absolute Gasteiger partial charge is 0.197 e. The molecule has 0 spiro atoms. The molecule has 0 aliphatic carbocycles. The van der Waals surface area contributed by atoms with Crippen LogP contribution in [0.25, 0.3) is 0 Å². The molecule has 4 nitrogen and oxygen atoms in total. The van der Waals surface area contributed by atoms with Crippen molar-refractivity contribution in [2.75, 3.05) is 0 Å².